The van der Waals surface area contributed by atoms with E-state index in [2.05, 4.69) is 29.8 Å². The summed E-state index contributed by atoms with van der Waals surface area (Å²) in [5.41, 5.74) is 0.908. The first-order valence-corrected chi connectivity index (χ1v) is 11.5. The molecule has 2 heterocycles. The third-order valence-electron chi connectivity index (χ3n) is 5.32. The van der Waals surface area contributed by atoms with Crippen LogP contribution in [0.15, 0.2) is 33.6 Å². The molecule has 8 heteroatoms. The number of oxazole rings is 1. The lowest BCUT2D eigenvalue weighted by Crippen LogP contribution is -2.38. The van der Waals surface area contributed by atoms with Gasteiger partial charge in [-0.15, -0.1) is 0 Å². The van der Waals surface area contributed by atoms with E-state index in [9.17, 15) is 13.7 Å². The Morgan fingerprint density at radius 2 is 1.76 bits per heavy atom. The van der Waals surface area contributed by atoms with Gasteiger partial charge in [-0.3, -0.25) is 0 Å². The van der Waals surface area contributed by atoms with Gasteiger partial charge in [-0.25, -0.2) is 8.42 Å². The van der Waals surface area contributed by atoms with Crippen LogP contribution in [0.25, 0.3) is 11.5 Å². The molecule has 3 rings (SSSR count). The maximum Gasteiger partial charge on any atom is 0.243 e. The summed E-state index contributed by atoms with van der Waals surface area (Å²) in [6, 6.07) is 8.60. The molecule has 1 aromatic carbocycles. The van der Waals surface area contributed by atoms with Crippen molar-refractivity contribution in [2.24, 2.45) is 11.8 Å². The highest BCUT2D eigenvalue weighted by molar-refractivity contribution is 7.89. The lowest BCUT2D eigenvalue weighted by Gasteiger charge is -2.34. The molecule has 0 spiro atoms. The Labute approximate surface area is 173 Å². The molecular weight excluding hydrogens is 388 g/mol. The van der Waals surface area contributed by atoms with Crippen molar-refractivity contribution in [1.82, 2.24) is 9.29 Å². The normalized spacial score (nSPS) is 20.1. The molecule has 1 aromatic heterocycles. The van der Waals surface area contributed by atoms with E-state index in [1.54, 1.807) is 24.3 Å². The van der Waals surface area contributed by atoms with Crippen molar-refractivity contribution in [2.75, 3.05) is 31.1 Å². The lowest BCUT2D eigenvalue weighted by molar-refractivity contribution is 0.344. The van der Waals surface area contributed by atoms with Gasteiger partial charge in [0.2, 0.25) is 27.5 Å². The Bertz CT molecular complexity index is 978. The number of piperidine rings is 1. The average molecular weight is 417 g/mol. The number of aromatic nitrogens is 1. The van der Waals surface area contributed by atoms with Crippen molar-refractivity contribution in [2.45, 2.75) is 39.0 Å². The van der Waals surface area contributed by atoms with Gasteiger partial charge in [0, 0.05) is 31.7 Å². The Morgan fingerprint density at radius 1 is 1.17 bits per heavy atom. The van der Waals surface area contributed by atoms with Crippen LogP contribution in [0.3, 0.4) is 0 Å². The van der Waals surface area contributed by atoms with Gasteiger partial charge >= 0.3 is 0 Å². The summed E-state index contributed by atoms with van der Waals surface area (Å²) in [4.78, 5) is 6.68. The second kappa shape index (κ2) is 8.56. The zero-order valence-electron chi connectivity index (χ0n) is 17.4. The summed E-state index contributed by atoms with van der Waals surface area (Å²) in [5.74, 6) is 1.86. The van der Waals surface area contributed by atoms with Crippen molar-refractivity contribution >= 4 is 15.9 Å². The molecular formula is C21H28N4O3S. The molecule has 1 aliphatic rings. The van der Waals surface area contributed by atoms with Crippen LogP contribution in [0.5, 0.6) is 0 Å². The van der Waals surface area contributed by atoms with Crippen LogP contribution in [-0.2, 0) is 10.0 Å². The average Bonchev–Trinajstić information content (AvgIpc) is 3.12. The quantitative estimate of drug-likeness (QED) is 0.713. The van der Waals surface area contributed by atoms with Crippen molar-refractivity contribution in [1.29, 1.82) is 5.26 Å². The molecule has 7 nitrogen and oxygen atoms in total. The molecule has 1 saturated heterocycles. The smallest absolute Gasteiger partial charge is 0.243 e. The molecule has 2 aromatic rings. The van der Waals surface area contributed by atoms with E-state index in [0.717, 1.165) is 19.5 Å². The van der Waals surface area contributed by atoms with Crippen LogP contribution in [0, 0.1) is 23.2 Å². The number of sulfonamides is 1. The number of rotatable bonds is 6. The predicted molar refractivity (Wildman–Crippen MR) is 112 cm³/mol. The number of hydrogen-bond acceptors (Lipinski definition) is 6. The molecule has 0 amide bonds. The number of hydrogen-bond donors (Lipinski definition) is 0. The zero-order chi connectivity index (χ0) is 21.2. The van der Waals surface area contributed by atoms with Gasteiger partial charge in [0.05, 0.1) is 4.90 Å². The summed E-state index contributed by atoms with van der Waals surface area (Å²) in [6.45, 7) is 10.5. The van der Waals surface area contributed by atoms with Gasteiger partial charge in [0.25, 0.3) is 0 Å². The molecule has 2 atom stereocenters. The number of anilines is 1. The van der Waals surface area contributed by atoms with E-state index < -0.39 is 10.0 Å². The highest BCUT2D eigenvalue weighted by Gasteiger charge is 2.28. The van der Waals surface area contributed by atoms with E-state index in [1.807, 2.05) is 13.8 Å². The first-order chi connectivity index (χ1) is 13.8. The molecule has 29 heavy (non-hydrogen) atoms. The van der Waals surface area contributed by atoms with Crippen LogP contribution in [0.4, 0.5) is 5.88 Å². The van der Waals surface area contributed by atoms with E-state index in [4.69, 9.17) is 4.42 Å². The summed E-state index contributed by atoms with van der Waals surface area (Å²) in [6.07, 6.45) is 1.15. The molecule has 0 bridgehead atoms. The molecule has 156 valence electrons. The van der Waals surface area contributed by atoms with Crippen LogP contribution < -0.4 is 4.90 Å². The zero-order valence-corrected chi connectivity index (χ0v) is 18.2. The van der Waals surface area contributed by atoms with E-state index in [1.165, 1.54) is 4.31 Å². The van der Waals surface area contributed by atoms with Crippen molar-refractivity contribution in [3.8, 4) is 17.5 Å². The third kappa shape index (κ3) is 4.31. The molecule has 0 radical (unpaired) electrons. The van der Waals surface area contributed by atoms with E-state index >= 15 is 0 Å². The van der Waals surface area contributed by atoms with Crippen molar-refractivity contribution in [3.05, 3.63) is 30.0 Å². The Morgan fingerprint density at radius 3 is 2.28 bits per heavy atom. The minimum atomic E-state index is -3.52. The Kier molecular flexibility index (Phi) is 6.30. The van der Waals surface area contributed by atoms with Crippen LogP contribution in [0.1, 0.15) is 39.8 Å². The summed E-state index contributed by atoms with van der Waals surface area (Å²) in [7, 11) is -3.52. The maximum atomic E-state index is 12.7. The number of nitriles is 1. The van der Waals surface area contributed by atoms with Gasteiger partial charge in [-0.1, -0.05) is 27.7 Å². The van der Waals surface area contributed by atoms with Gasteiger partial charge < -0.3 is 9.32 Å². The lowest BCUT2D eigenvalue weighted by atomic mass is 9.92. The molecule has 1 aliphatic heterocycles. The molecule has 0 aliphatic carbocycles. The number of benzene rings is 1. The second-order valence-corrected chi connectivity index (χ2v) is 9.69. The Hall–Kier alpha value is -2.37. The SMILES string of the molecule is CCN(CC)S(=O)(=O)c1ccc(-c2nc(C#N)c(N3C[C@H](C)C[C@H](C)C3)o2)cc1. The fourth-order valence-electron chi connectivity index (χ4n) is 4.03. The maximum absolute atomic E-state index is 12.7. The second-order valence-electron chi connectivity index (χ2n) is 7.75. The first-order valence-electron chi connectivity index (χ1n) is 10.1. The predicted octanol–water partition coefficient (Wildman–Crippen LogP) is 3.73. The van der Waals surface area contributed by atoms with Crippen LogP contribution in [-0.4, -0.2) is 43.9 Å². The topological polar surface area (TPSA) is 90.4 Å². The summed E-state index contributed by atoms with van der Waals surface area (Å²) >= 11 is 0. The summed E-state index contributed by atoms with van der Waals surface area (Å²) in [5, 5.41) is 9.52. The number of nitrogens with zero attached hydrogens (tertiary/aromatic N) is 4. The molecule has 0 N–H and O–H groups in total. The minimum absolute atomic E-state index is 0.232. The van der Waals surface area contributed by atoms with Gasteiger partial charge in [-0.2, -0.15) is 14.6 Å². The van der Waals surface area contributed by atoms with E-state index in [-0.39, 0.29) is 10.6 Å². The van der Waals surface area contributed by atoms with Gasteiger partial charge in [0.15, 0.2) is 0 Å². The van der Waals surface area contributed by atoms with Gasteiger partial charge in [0.1, 0.15) is 6.07 Å². The largest absolute Gasteiger partial charge is 0.419 e. The molecule has 0 saturated carbocycles. The molecule has 0 unspecified atom stereocenters. The van der Waals surface area contributed by atoms with Gasteiger partial charge in [-0.05, 0) is 42.5 Å². The standard InChI is InChI=1S/C21H28N4O3S/c1-5-25(6-2)29(26,27)18-9-7-17(8-10-18)20-23-19(12-22)21(28-20)24-13-15(3)11-16(4)14-24/h7-10,15-16H,5-6,11,13-14H2,1-4H3/t15-,16+. The first kappa shape index (κ1) is 21.3. The molecule has 1 fully saturated rings. The Balaban J connectivity index is 1.90. The third-order valence-corrected chi connectivity index (χ3v) is 7.38. The fourth-order valence-corrected chi connectivity index (χ4v) is 5.49. The van der Waals surface area contributed by atoms with Crippen LogP contribution >= 0.6 is 0 Å². The van der Waals surface area contributed by atoms with Crippen LogP contribution in [0.2, 0.25) is 0 Å². The fraction of sp³-hybridized carbons (Fsp3) is 0.524. The van der Waals surface area contributed by atoms with Crippen molar-refractivity contribution < 1.29 is 12.8 Å². The summed E-state index contributed by atoms with van der Waals surface area (Å²) < 4.78 is 32.7. The monoisotopic (exact) mass is 416 g/mol. The minimum Gasteiger partial charge on any atom is -0.419 e. The van der Waals surface area contributed by atoms with Crippen molar-refractivity contribution in [3.63, 3.8) is 0 Å². The highest BCUT2D eigenvalue weighted by atomic mass is 32.2. The van der Waals surface area contributed by atoms with E-state index in [0.29, 0.717) is 42.3 Å². The highest BCUT2D eigenvalue weighted by Crippen LogP contribution is 2.33.